The second-order valence-electron chi connectivity index (χ2n) is 9.82. The Kier molecular flexibility index (Phi) is 10.2. The Morgan fingerprint density at radius 1 is 1.09 bits per heavy atom. The maximum absolute atomic E-state index is 13.4. The Morgan fingerprint density at radius 2 is 1.74 bits per heavy atom. The van der Waals surface area contributed by atoms with Gasteiger partial charge < -0.3 is 35.2 Å². The summed E-state index contributed by atoms with van der Waals surface area (Å²) in [5, 5.41) is 8.48. The maximum atomic E-state index is 13.4. The first kappa shape index (κ1) is 28.2. The summed E-state index contributed by atoms with van der Waals surface area (Å²) in [6.45, 7) is 12.5. The number of likely N-dealkylation sites (N-methyl/N-ethyl adjacent to an activating group) is 1. The summed E-state index contributed by atoms with van der Waals surface area (Å²) >= 11 is 0. The van der Waals surface area contributed by atoms with Crippen LogP contribution in [0.5, 0.6) is 5.75 Å². The molecule has 0 saturated carbocycles. The molecule has 3 atom stereocenters. The number of nitrogens with one attached hydrogen (secondary N) is 3. The van der Waals surface area contributed by atoms with E-state index < -0.39 is 0 Å². The van der Waals surface area contributed by atoms with Gasteiger partial charge in [0.2, 0.25) is 0 Å². The second-order valence-corrected chi connectivity index (χ2v) is 9.82. The van der Waals surface area contributed by atoms with Gasteiger partial charge in [-0.15, -0.1) is 0 Å². The molecule has 196 valence electrons. The first-order valence-corrected chi connectivity index (χ1v) is 12.1. The van der Waals surface area contributed by atoms with E-state index in [4.69, 9.17) is 9.47 Å². The van der Waals surface area contributed by atoms with Crippen molar-refractivity contribution >= 4 is 23.7 Å². The van der Waals surface area contributed by atoms with Gasteiger partial charge in [-0.3, -0.25) is 4.79 Å². The van der Waals surface area contributed by atoms with Crippen molar-refractivity contribution in [1.82, 2.24) is 20.4 Å². The topological polar surface area (TPSA) is 112 Å². The first-order valence-electron chi connectivity index (χ1n) is 12.1. The summed E-state index contributed by atoms with van der Waals surface area (Å²) in [7, 11) is 3.31. The summed E-state index contributed by atoms with van der Waals surface area (Å²) in [6.07, 6.45) is -0.285. The van der Waals surface area contributed by atoms with Crippen molar-refractivity contribution in [3.8, 4) is 5.75 Å². The number of hydrogen-bond acceptors (Lipinski definition) is 5. The molecule has 1 aromatic carbocycles. The molecule has 0 saturated heterocycles. The molecule has 3 N–H and O–H groups in total. The summed E-state index contributed by atoms with van der Waals surface area (Å²) in [5.74, 6) is 0.0994. The van der Waals surface area contributed by atoms with Gasteiger partial charge in [-0.25, -0.2) is 9.59 Å². The third-order valence-corrected chi connectivity index (χ3v) is 5.80. The predicted molar refractivity (Wildman–Crippen MR) is 136 cm³/mol. The van der Waals surface area contributed by atoms with Crippen LogP contribution in [0.25, 0.3) is 0 Å². The van der Waals surface area contributed by atoms with E-state index in [1.54, 1.807) is 42.2 Å². The number of benzene rings is 1. The van der Waals surface area contributed by atoms with Crippen LogP contribution in [-0.4, -0.2) is 85.9 Å². The minimum absolute atomic E-state index is 0.00571. The summed E-state index contributed by atoms with van der Waals surface area (Å²) in [6, 6.07) is 4.14. The highest BCUT2D eigenvalue weighted by Gasteiger charge is 2.30. The van der Waals surface area contributed by atoms with E-state index in [2.05, 4.69) is 16.0 Å². The van der Waals surface area contributed by atoms with Crippen LogP contribution in [-0.2, 0) is 4.74 Å². The molecule has 1 aromatic rings. The molecule has 0 radical (unpaired) electrons. The van der Waals surface area contributed by atoms with Crippen LogP contribution < -0.4 is 20.7 Å². The molecule has 5 amide bonds. The van der Waals surface area contributed by atoms with Crippen molar-refractivity contribution in [3.63, 3.8) is 0 Å². The number of hydrogen-bond donors (Lipinski definition) is 3. The normalized spacial score (nSPS) is 21.5. The molecule has 0 aliphatic carbocycles. The van der Waals surface area contributed by atoms with E-state index in [1.807, 2.05) is 41.5 Å². The average molecular weight is 492 g/mol. The van der Waals surface area contributed by atoms with Crippen LogP contribution in [0.15, 0.2) is 18.2 Å². The Bertz CT molecular complexity index is 891. The number of rotatable bonds is 4. The highest BCUT2D eigenvalue weighted by Crippen LogP contribution is 2.26. The predicted octanol–water partition coefficient (Wildman–Crippen LogP) is 3.14. The summed E-state index contributed by atoms with van der Waals surface area (Å²) < 4.78 is 11.8. The van der Waals surface area contributed by atoms with Gasteiger partial charge in [-0.2, -0.15) is 0 Å². The van der Waals surface area contributed by atoms with Gasteiger partial charge in [-0.1, -0.05) is 6.92 Å². The maximum Gasteiger partial charge on any atom is 0.319 e. The zero-order chi connectivity index (χ0) is 26.3. The Morgan fingerprint density at radius 3 is 2.34 bits per heavy atom. The molecular weight excluding hydrogens is 450 g/mol. The average Bonchev–Trinajstić information content (AvgIpc) is 2.77. The molecule has 10 nitrogen and oxygen atoms in total. The Balaban J connectivity index is 2.41. The third-order valence-electron chi connectivity index (χ3n) is 5.80. The van der Waals surface area contributed by atoms with Gasteiger partial charge in [0.1, 0.15) is 12.4 Å². The lowest BCUT2D eigenvalue weighted by Crippen LogP contribution is -2.52. The van der Waals surface area contributed by atoms with Crippen LogP contribution in [0.2, 0.25) is 0 Å². The molecular formula is C25H41N5O5. The van der Waals surface area contributed by atoms with Crippen molar-refractivity contribution in [2.24, 2.45) is 5.92 Å². The molecule has 35 heavy (non-hydrogen) atoms. The minimum atomic E-state index is -0.358. The van der Waals surface area contributed by atoms with Crippen LogP contribution in [0.3, 0.4) is 0 Å². The van der Waals surface area contributed by atoms with Crippen molar-refractivity contribution in [2.45, 2.75) is 65.8 Å². The fourth-order valence-corrected chi connectivity index (χ4v) is 3.90. The van der Waals surface area contributed by atoms with Crippen molar-refractivity contribution in [1.29, 1.82) is 0 Å². The molecule has 1 aliphatic rings. The fourth-order valence-electron chi connectivity index (χ4n) is 3.90. The number of carbonyl (C=O) groups is 3. The van der Waals surface area contributed by atoms with Crippen molar-refractivity contribution < 1.29 is 23.9 Å². The molecule has 1 heterocycles. The molecule has 0 spiro atoms. The van der Waals surface area contributed by atoms with Crippen LogP contribution >= 0.6 is 0 Å². The number of ether oxygens (including phenoxy) is 2. The Hall–Kier alpha value is -3.01. The molecule has 1 aliphatic heterocycles. The lowest BCUT2D eigenvalue weighted by molar-refractivity contribution is 0.0165. The number of amides is 5. The van der Waals surface area contributed by atoms with Gasteiger partial charge >= 0.3 is 12.1 Å². The zero-order valence-electron chi connectivity index (χ0n) is 22.2. The highest BCUT2D eigenvalue weighted by molar-refractivity contribution is 5.99. The van der Waals surface area contributed by atoms with E-state index in [0.717, 1.165) is 0 Å². The first-order chi connectivity index (χ1) is 16.4. The summed E-state index contributed by atoms with van der Waals surface area (Å²) in [4.78, 5) is 41.9. The van der Waals surface area contributed by atoms with Crippen LogP contribution in [0.4, 0.5) is 15.3 Å². The number of fused-ring (bicyclic) bond motifs is 1. The molecule has 10 heteroatoms. The van der Waals surface area contributed by atoms with E-state index in [-0.39, 0.29) is 54.7 Å². The smallest absolute Gasteiger partial charge is 0.319 e. The lowest BCUT2D eigenvalue weighted by Gasteiger charge is -2.36. The standard InChI is InChI=1S/C25H41N5O5/c1-15(2)26-24(32)28-19-9-10-21-20(11-19)23(31)29(7)13-22(34-8)17(5)12-30(18(6)14-35-21)25(33)27-16(3)4/h9-11,15-18,22H,12-14H2,1-8H3,(H,27,33)(H2,26,28,32)/t17-,18-,22+/m1/s1. The monoisotopic (exact) mass is 491 g/mol. The van der Waals surface area contributed by atoms with Crippen molar-refractivity contribution in [3.05, 3.63) is 23.8 Å². The van der Waals surface area contributed by atoms with E-state index >= 15 is 0 Å². The SMILES string of the molecule is CO[C@H]1CN(C)C(=O)c2cc(NC(=O)NC(C)C)ccc2OC[C@@H](C)N(C(=O)NC(C)C)C[C@H]1C. The number of urea groups is 2. The summed E-state index contributed by atoms with van der Waals surface area (Å²) in [5.41, 5.74) is 0.797. The van der Waals surface area contributed by atoms with Crippen LogP contribution in [0, 0.1) is 5.92 Å². The highest BCUT2D eigenvalue weighted by atomic mass is 16.5. The van der Waals surface area contributed by atoms with E-state index in [9.17, 15) is 14.4 Å². The number of carbonyl (C=O) groups excluding carboxylic acids is 3. The zero-order valence-corrected chi connectivity index (χ0v) is 22.2. The number of methoxy groups -OCH3 is 1. The molecule has 0 unspecified atom stereocenters. The van der Waals surface area contributed by atoms with E-state index in [0.29, 0.717) is 30.1 Å². The molecule has 0 bridgehead atoms. The van der Waals surface area contributed by atoms with Gasteiger partial charge in [0.15, 0.2) is 0 Å². The fraction of sp³-hybridized carbons (Fsp3) is 0.640. The van der Waals surface area contributed by atoms with E-state index in [1.165, 1.54) is 0 Å². The van der Waals surface area contributed by atoms with Crippen molar-refractivity contribution in [2.75, 3.05) is 39.2 Å². The molecule has 0 fully saturated rings. The van der Waals surface area contributed by atoms with Gasteiger partial charge in [-0.05, 0) is 52.8 Å². The molecule has 2 rings (SSSR count). The van der Waals surface area contributed by atoms with Gasteiger partial charge in [0.05, 0.1) is 17.7 Å². The van der Waals surface area contributed by atoms with Gasteiger partial charge in [0, 0.05) is 50.9 Å². The van der Waals surface area contributed by atoms with Crippen LogP contribution in [0.1, 0.15) is 51.9 Å². The number of anilines is 1. The minimum Gasteiger partial charge on any atom is -0.491 e. The number of nitrogens with zero attached hydrogens (tertiary/aromatic N) is 2. The quantitative estimate of drug-likeness (QED) is 0.599. The second kappa shape index (κ2) is 12.6. The van der Waals surface area contributed by atoms with Gasteiger partial charge in [0.25, 0.3) is 5.91 Å². The molecule has 0 aromatic heterocycles. The largest absolute Gasteiger partial charge is 0.491 e. The lowest BCUT2D eigenvalue weighted by atomic mass is 10.0. The Labute approximate surface area is 208 Å². The third kappa shape index (κ3) is 8.02.